The van der Waals surface area contributed by atoms with Crippen LogP contribution in [0.15, 0.2) is 24.8 Å². The number of nitrogens with one attached hydrogen (secondary N) is 1. The molecule has 1 atom stereocenters. The van der Waals surface area contributed by atoms with Crippen LogP contribution in [-0.2, 0) is 0 Å². The summed E-state index contributed by atoms with van der Waals surface area (Å²) < 4.78 is 5.19. The second-order valence-corrected chi connectivity index (χ2v) is 5.29. The lowest BCUT2D eigenvalue weighted by Crippen LogP contribution is -2.45. The molecule has 22 heavy (non-hydrogen) atoms. The Kier molecular flexibility index (Phi) is 9.89. The van der Waals surface area contributed by atoms with Crippen molar-refractivity contribution in [2.75, 3.05) is 33.3 Å². The minimum Gasteiger partial charge on any atom is -0.503 e. The molecule has 0 aliphatic carbocycles. The summed E-state index contributed by atoms with van der Waals surface area (Å²) in [5.74, 6) is 0.410. The second kappa shape index (κ2) is 10.2. The van der Waals surface area contributed by atoms with Gasteiger partial charge in [-0.3, -0.25) is 4.90 Å². The van der Waals surface area contributed by atoms with Crippen molar-refractivity contribution in [3.8, 4) is 11.5 Å². The van der Waals surface area contributed by atoms with Crippen LogP contribution in [0.2, 0.25) is 5.02 Å². The minimum absolute atomic E-state index is 0. The predicted molar refractivity (Wildman–Crippen MR) is 96.2 cm³/mol. The summed E-state index contributed by atoms with van der Waals surface area (Å²) in [4.78, 5) is 2.40. The molecular weight excluding hydrogens is 347 g/mol. The highest BCUT2D eigenvalue weighted by molar-refractivity contribution is 6.32. The van der Waals surface area contributed by atoms with E-state index in [0.717, 1.165) is 38.2 Å². The van der Waals surface area contributed by atoms with Crippen molar-refractivity contribution in [1.82, 2.24) is 10.2 Å². The van der Waals surface area contributed by atoms with E-state index in [-0.39, 0.29) is 36.6 Å². The van der Waals surface area contributed by atoms with Gasteiger partial charge in [-0.15, -0.1) is 31.4 Å². The van der Waals surface area contributed by atoms with Crippen molar-refractivity contribution in [3.63, 3.8) is 0 Å². The van der Waals surface area contributed by atoms with Crippen LogP contribution in [0.1, 0.15) is 18.0 Å². The van der Waals surface area contributed by atoms with E-state index in [1.54, 1.807) is 0 Å². The van der Waals surface area contributed by atoms with Crippen LogP contribution in [0.4, 0.5) is 0 Å². The summed E-state index contributed by atoms with van der Waals surface area (Å²) >= 11 is 6.09. The molecule has 0 unspecified atom stereocenters. The van der Waals surface area contributed by atoms with Gasteiger partial charge in [0.15, 0.2) is 11.5 Å². The predicted octanol–water partition coefficient (Wildman–Crippen LogP) is 3.42. The van der Waals surface area contributed by atoms with Gasteiger partial charge in [-0.05, 0) is 24.1 Å². The van der Waals surface area contributed by atoms with E-state index >= 15 is 0 Å². The third kappa shape index (κ3) is 4.93. The van der Waals surface area contributed by atoms with E-state index in [1.807, 2.05) is 18.2 Å². The van der Waals surface area contributed by atoms with Gasteiger partial charge in [0.1, 0.15) is 0 Å². The minimum atomic E-state index is -0.00409. The summed E-state index contributed by atoms with van der Waals surface area (Å²) in [6, 6.07) is 3.88. The Morgan fingerprint density at radius 1 is 1.41 bits per heavy atom. The fourth-order valence-electron chi connectivity index (χ4n) is 2.59. The first-order chi connectivity index (χ1) is 9.67. The molecule has 1 aromatic carbocycles. The molecule has 126 valence electrons. The maximum absolute atomic E-state index is 9.84. The van der Waals surface area contributed by atoms with Crippen LogP contribution in [0.5, 0.6) is 11.5 Å². The molecule has 1 aliphatic heterocycles. The molecule has 1 fully saturated rings. The van der Waals surface area contributed by atoms with Gasteiger partial charge in [0.25, 0.3) is 0 Å². The molecule has 0 aromatic heterocycles. The molecule has 0 bridgehead atoms. The van der Waals surface area contributed by atoms with Gasteiger partial charge < -0.3 is 15.2 Å². The molecule has 0 amide bonds. The fourth-order valence-corrected chi connectivity index (χ4v) is 2.81. The number of benzene rings is 1. The number of hydrogen-bond acceptors (Lipinski definition) is 4. The summed E-state index contributed by atoms with van der Waals surface area (Å²) in [5.41, 5.74) is 1.05. The SMILES string of the molecule is C=CC[C@@H](c1cc(Cl)c(O)c(OC)c1)N1CCNCC1.Cl.Cl. The van der Waals surface area contributed by atoms with Gasteiger partial charge in [0.05, 0.1) is 12.1 Å². The molecule has 0 spiro atoms. The molecule has 1 saturated heterocycles. The largest absolute Gasteiger partial charge is 0.503 e. The Labute approximate surface area is 149 Å². The molecule has 1 aliphatic rings. The Bertz CT molecular complexity index is 480. The van der Waals surface area contributed by atoms with Gasteiger partial charge in [-0.2, -0.15) is 0 Å². The number of piperazine rings is 1. The molecule has 2 N–H and O–H groups in total. The van der Waals surface area contributed by atoms with E-state index in [2.05, 4.69) is 16.8 Å². The maximum Gasteiger partial charge on any atom is 0.176 e. The molecule has 1 aromatic rings. The van der Waals surface area contributed by atoms with Crippen molar-refractivity contribution in [2.45, 2.75) is 12.5 Å². The molecular formula is C15H23Cl3N2O2. The van der Waals surface area contributed by atoms with E-state index in [4.69, 9.17) is 16.3 Å². The summed E-state index contributed by atoms with van der Waals surface area (Å²) in [6.07, 6.45) is 2.75. The van der Waals surface area contributed by atoms with Crippen LogP contribution >= 0.6 is 36.4 Å². The van der Waals surface area contributed by atoms with Crippen molar-refractivity contribution < 1.29 is 9.84 Å². The third-order valence-electron chi connectivity index (χ3n) is 3.64. The zero-order valence-electron chi connectivity index (χ0n) is 12.5. The highest BCUT2D eigenvalue weighted by atomic mass is 35.5. The van der Waals surface area contributed by atoms with Gasteiger partial charge in [-0.1, -0.05) is 17.7 Å². The number of halogens is 3. The van der Waals surface area contributed by atoms with Crippen LogP contribution in [0.3, 0.4) is 0 Å². The first-order valence-corrected chi connectivity index (χ1v) is 7.17. The van der Waals surface area contributed by atoms with Gasteiger partial charge in [-0.25, -0.2) is 0 Å². The first kappa shape index (κ1) is 21.4. The summed E-state index contributed by atoms with van der Waals surface area (Å²) in [7, 11) is 1.53. The molecule has 0 saturated carbocycles. The van der Waals surface area contributed by atoms with E-state index in [9.17, 15) is 5.11 Å². The third-order valence-corrected chi connectivity index (χ3v) is 3.93. The summed E-state index contributed by atoms with van der Waals surface area (Å²) in [5, 5.41) is 13.5. The van der Waals surface area contributed by atoms with Crippen molar-refractivity contribution in [2.24, 2.45) is 0 Å². The average molecular weight is 370 g/mol. The maximum atomic E-state index is 9.84. The zero-order valence-corrected chi connectivity index (χ0v) is 14.9. The quantitative estimate of drug-likeness (QED) is 0.781. The van der Waals surface area contributed by atoms with E-state index in [0.29, 0.717) is 10.8 Å². The Morgan fingerprint density at radius 2 is 2.05 bits per heavy atom. The molecule has 4 nitrogen and oxygen atoms in total. The Balaban J connectivity index is 0.00000220. The lowest BCUT2D eigenvalue weighted by atomic mass is 10.0. The number of ether oxygens (including phenoxy) is 1. The smallest absolute Gasteiger partial charge is 0.176 e. The number of phenols is 1. The number of nitrogens with zero attached hydrogens (tertiary/aromatic N) is 1. The van der Waals surface area contributed by atoms with E-state index < -0.39 is 0 Å². The topological polar surface area (TPSA) is 44.7 Å². The Hall–Kier alpha value is -0.650. The standard InChI is InChI=1S/C15H21ClN2O2.2ClH/c1-3-4-13(18-7-5-17-6-8-18)11-9-12(16)15(19)14(10-11)20-2;;/h3,9-10,13,17,19H,1,4-8H2,2H3;2*1H/t13-;;/m0../s1. The number of aromatic hydroxyl groups is 1. The van der Waals surface area contributed by atoms with Gasteiger partial charge in [0, 0.05) is 32.2 Å². The van der Waals surface area contributed by atoms with Crippen molar-refractivity contribution in [1.29, 1.82) is 0 Å². The number of methoxy groups -OCH3 is 1. The normalized spacial score (nSPS) is 16.1. The summed E-state index contributed by atoms with van der Waals surface area (Å²) in [6.45, 7) is 7.78. The van der Waals surface area contributed by atoms with E-state index in [1.165, 1.54) is 7.11 Å². The lowest BCUT2D eigenvalue weighted by molar-refractivity contribution is 0.174. The lowest BCUT2D eigenvalue weighted by Gasteiger charge is -2.35. The van der Waals surface area contributed by atoms with Crippen molar-refractivity contribution >= 4 is 36.4 Å². The number of rotatable bonds is 5. The van der Waals surface area contributed by atoms with Gasteiger partial charge >= 0.3 is 0 Å². The monoisotopic (exact) mass is 368 g/mol. The fraction of sp³-hybridized carbons (Fsp3) is 0.467. The average Bonchev–Trinajstić information content (AvgIpc) is 2.48. The molecule has 7 heteroatoms. The van der Waals surface area contributed by atoms with Crippen molar-refractivity contribution in [3.05, 3.63) is 35.4 Å². The molecule has 1 heterocycles. The first-order valence-electron chi connectivity index (χ1n) is 6.79. The van der Waals surface area contributed by atoms with Crippen LogP contribution < -0.4 is 10.1 Å². The number of hydrogen-bond donors (Lipinski definition) is 2. The highest BCUT2D eigenvalue weighted by Gasteiger charge is 2.23. The zero-order chi connectivity index (χ0) is 14.5. The van der Waals surface area contributed by atoms with Gasteiger partial charge in [0.2, 0.25) is 0 Å². The van der Waals surface area contributed by atoms with Crippen LogP contribution in [0.25, 0.3) is 0 Å². The molecule has 2 rings (SSSR count). The highest BCUT2D eigenvalue weighted by Crippen LogP contribution is 2.38. The molecule has 0 radical (unpaired) electrons. The van der Waals surface area contributed by atoms with Crippen LogP contribution in [-0.4, -0.2) is 43.3 Å². The second-order valence-electron chi connectivity index (χ2n) is 4.88. The van der Waals surface area contributed by atoms with Crippen LogP contribution in [0, 0.1) is 0 Å². The Morgan fingerprint density at radius 3 is 2.59 bits per heavy atom. The number of phenolic OH excluding ortho intramolecular Hbond substituents is 1.